The van der Waals surface area contributed by atoms with E-state index < -0.39 is 46.7 Å². The van der Waals surface area contributed by atoms with E-state index in [1.54, 1.807) is 0 Å². The van der Waals surface area contributed by atoms with Crippen molar-refractivity contribution < 1.29 is 27.9 Å². The number of nitrogens with zero attached hydrogens (tertiary/aromatic N) is 2. The molecule has 0 spiro atoms. The molecule has 1 aromatic heterocycles. The maximum absolute atomic E-state index is 13.3. The van der Waals surface area contributed by atoms with Gasteiger partial charge >= 0.3 is 12.1 Å². The quantitative estimate of drug-likeness (QED) is 0.807. The Morgan fingerprint density at radius 1 is 1.21 bits per heavy atom. The van der Waals surface area contributed by atoms with Crippen LogP contribution < -0.4 is 10.7 Å². The number of carboxylic acid groups (broad SMARTS) is 1. The van der Waals surface area contributed by atoms with Gasteiger partial charge < -0.3 is 10.4 Å². The molecule has 2 unspecified atom stereocenters. The van der Waals surface area contributed by atoms with Crippen molar-refractivity contribution in [2.75, 3.05) is 0 Å². The Bertz CT molecular complexity index is 969. The fraction of sp³-hybridized carbons (Fsp3) is 0.333. The number of carbonyl (C=O) groups excluding carboxylic acids is 1. The fourth-order valence-electron chi connectivity index (χ4n) is 2.46. The van der Waals surface area contributed by atoms with Crippen LogP contribution in [0.5, 0.6) is 0 Å². The zero-order valence-corrected chi connectivity index (χ0v) is 15.2. The lowest BCUT2D eigenvalue weighted by atomic mass is 10.0. The molecule has 1 amide bonds. The number of carboxylic acids is 1. The van der Waals surface area contributed by atoms with Gasteiger partial charge in [0.15, 0.2) is 5.69 Å². The molecular formula is C18H18F3N3O4. The Balaban J connectivity index is 2.51. The lowest BCUT2D eigenvalue weighted by molar-refractivity contribution is -0.142. The van der Waals surface area contributed by atoms with Gasteiger partial charge in [-0.1, -0.05) is 12.1 Å². The van der Waals surface area contributed by atoms with Gasteiger partial charge in [0.2, 0.25) is 5.43 Å². The molecule has 150 valence electrons. The van der Waals surface area contributed by atoms with E-state index in [9.17, 15) is 27.6 Å². The Morgan fingerprint density at radius 3 is 2.39 bits per heavy atom. The van der Waals surface area contributed by atoms with E-state index in [1.165, 1.54) is 39.0 Å². The average molecular weight is 397 g/mol. The first-order chi connectivity index (χ1) is 12.9. The monoisotopic (exact) mass is 397 g/mol. The first-order valence-electron chi connectivity index (χ1n) is 8.24. The SMILES string of the molecule is Cc1cc(=O)c(C(=O)NC(C)C(C)C(=O)O)nn1-c1ccccc1C(F)(F)F. The maximum Gasteiger partial charge on any atom is 0.418 e. The van der Waals surface area contributed by atoms with Gasteiger partial charge in [-0.25, -0.2) is 4.68 Å². The molecule has 0 saturated carbocycles. The number of alkyl halides is 3. The number of amides is 1. The van der Waals surface area contributed by atoms with Gasteiger partial charge in [-0.2, -0.15) is 18.3 Å². The molecule has 0 fully saturated rings. The van der Waals surface area contributed by atoms with Crippen molar-refractivity contribution in [3.05, 3.63) is 57.5 Å². The van der Waals surface area contributed by atoms with E-state index in [0.717, 1.165) is 16.8 Å². The summed E-state index contributed by atoms with van der Waals surface area (Å²) >= 11 is 0. The molecule has 0 aliphatic rings. The molecule has 0 radical (unpaired) electrons. The highest BCUT2D eigenvalue weighted by Crippen LogP contribution is 2.33. The van der Waals surface area contributed by atoms with Crippen LogP contribution in [-0.2, 0) is 11.0 Å². The van der Waals surface area contributed by atoms with E-state index in [0.29, 0.717) is 0 Å². The largest absolute Gasteiger partial charge is 0.481 e. The second kappa shape index (κ2) is 7.83. The highest BCUT2D eigenvalue weighted by molar-refractivity contribution is 5.92. The fourth-order valence-corrected chi connectivity index (χ4v) is 2.46. The third kappa shape index (κ3) is 4.38. The normalized spacial score (nSPS) is 13.6. The molecule has 2 rings (SSSR count). The van der Waals surface area contributed by atoms with E-state index in [1.807, 2.05) is 0 Å². The summed E-state index contributed by atoms with van der Waals surface area (Å²) in [5, 5.41) is 15.1. The van der Waals surface area contributed by atoms with Gasteiger partial charge in [-0.15, -0.1) is 0 Å². The zero-order valence-electron chi connectivity index (χ0n) is 15.2. The molecule has 0 bridgehead atoms. The van der Waals surface area contributed by atoms with Gasteiger partial charge in [0.25, 0.3) is 5.91 Å². The van der Waals surface area contributed by atoms with Crippen molar-refractivity contribution in [1.82, 2.24) is 15.1 Å². The van der Waals surface area contributed by atoms with Crippen LogP contribution >= 0.6 is 0 Å². The zero-order chi connectivity index (χ0) is 21.2. The van der Waals surface area contributed by atoms with Crippen molar-refractivity contribution in [1.29, 1.82) is 0 Å². The van der Waals surface area contributed by atoms with Gasteiger partial charge in [0.1, 0.15) is 0 Å². The summed E-state index contributed by atoms with van der Waals surface area (Å²) in [7, 11) is 0. The number of nitrogens with one attached hydrogen (secondary N) is 1. The van der Waals surface area contributed by atoms with Gasteiger partial charge in [0.05, 0.1) is 17.2 Å². The summed E-state index contributed by atoms with van der Waals surface area (Å²) in [6.07, 6.45) is -4.66. The van der Waals surface area contributed by atoms with Crippen LogP contribution in [0, 0.1) is 12.8 Å². The molecule has 28 heavy (non-hydrogen) atoms. The second-order valence-corrected chi connectivity index (χ2v) is 6.31. The lowest BCUT2D eigenvalue weighted by Crippen LogP contribution is -2.42. The third-order valence-corrected chi connectivity index (χ3v) is 4.26. The molecule has 1 heterocycles. The number of para-hydroxylation sites is 1. The standard InChI is InChI=1S/C18H18F3N3O4/c1-9-8-14(25)15(16(26)22-11(3)10(2)17(27)28)23-24(9)13-7-5-4-6-12(13)18(19,20)21/h4-8,10-11H,1-3H3,(H,22,26)(H,27,28). The summed E-state index contributed by atoms with van der Waals surface area (Å²) in [5.41, 5.74) is -2.63. The summed E-state index contributed by atoms with van der Waals surface area (Å²) in [4.78, 5) is 35.5. The van der Waals surface area contributed by atoms with Crippen LogP contribution in [0.3, 0.4) is 0 Å². The molecule has 0 aliphatic heterocycles. The minimum atomic E-state index is -4.66. The highest BCUT2D eigenvalue weighted by atomic mass is 19.4. The molecule has 2 atom stereocenters. The maximum atomic E-state index is 13.3. The number of hydrogen-bond donors (Lipinski definition) is 2. The van der Waals surface area contributed by atoms with Crippen molar-refractivity contribution in [2.45, 2.75) is 33.0 Å². The van der Waals surface area contributed by atoms with E-state index in [-0.39, 0.29) is 11.4 Å². The number of halogens is 3. The van der Waals surface area contributed by atoms with Gasteiger partial charge in [-0.3, -0.25) is 14.4 Å². The Hall–Kier alpha value is -3.17. The summed E-state index contributed by atoms with van der Waals surface area (Å²) in [5.74, 6) is -3.06. The van der Waals surface area contributed by atoms with Crippen molar-refractivity contribution in [2.24, 2.45) is 5.92 Å². The van der Waals surface area contributed by atoms with Gasteiger partial charge in [-0.05, 0) is 32.9 Å². The molecule has 1 aromatic carbocycles. The molecule has 0 saturated heterocycles. The number of aryl methyl sites for hydroxylation is 1. The third-order valence-electron chi connectivity index (χ3n) is 4.26. The van der Waals surface area contributed by atoms with Crippen molar-refractivity contribution in [3.8, 4) is 5.69 Å². The second-order valence-electron chi connectivity index (χ2n) is 6.31. The number of aromatic nitrogens is 2. The molecule has 0 aliphatic carbocycles. The van der Waals surface area contributed by atoms with Crippen LogP contribution in [0.1, 0.15) is 35.6 Å². The Labute approximate surface area is 157 Å². The number of benzene rings is 1. The first-order valence-corrected chi connectivity index (χ1v) is 8.24. The molecular weight excluding hydrogens is 379 g/mol. The number of hydrogen-bond acceptors (Lipinski definition) is 4. The Kier molecular flexibility index (Phi) is 5.91. The minimum Gasteiger partial charge on any atom is -0.481 e. The van der Waals surface area contributed by atoms with Crippen molar-refractivity contribution in [3.63, 3.8) is 0 Å². The smallest absolute Gasteiger partial charge is 0.418 e. The van der Waals surface area contributed by atoms with E-state index >= 15 is 0 Å². The predicted octanol–water partition coefficient (Wildman–Crippen LogP) is 2.40. The van der Waals surface area contributed by atoms with E-state index in [4.69, 9.17) is 5.11 Å². The van der Waals surface area contributed by atoms with Crippen LogP contribution in [0.25, 0.3) is 5.69 Å². The minimum absolute atomic E-state index is 0.102. The summed E-state index contributed by atoms with van der Waals surface area (Å²) in [6.45, 7) is 4.19. The first kappa shape index (κ1) is 21.1. The number of carbonyl (C=O) groups is 2. The Morgan fingerprint density at radius 2 is 1.82 bits per heavy atom. The summed E-state index contributed by atoms with van der Waals surface area (Å²) < 4.78 is 40.8. The van der Waals surface area contributed by atoms with Gasteiger partial charge in [0, 0.05) is 17.8 Å². The van der Waals surface area contributed by atoms with Crippen molar-refractivity contribution >= 4 is 11.9 Å². The molecule has 2 N–H and O–H groups in total. The topological polar surface area (TPSA) is 101 Å². The predicted molar refractivity (Wildman–Crippen MR) is 93.3 cm³/mol. The highest BCUT2D eigenvalue weighted by Gasteiger charge is 2.34. The molecule has 10 heteroatoms. The number of rotatable bonds is 5. The van der Waals surface area contributed by atoms with Crippen LogP contribution in [0.4, 0.5) is 13.2 Å². The molecule has 2 aromatic rings. The van der Waals surface area contributed by atoms with Crippen LogP contribution in [0.15, 0.2) is 35.1 Å². The molecule has 7 nitrogen and oxygen atoms in total. The lowest BCUT2D eigenvalue weighted by Gasteiger charge is -2.19. The number of aliphatic carboxylic acids is 1. The van der Waals surface area contributed by atoms with Crippen LogP contribution in [-0.4, -0.2) is 32.8 Å². The van der Waals surface area contributed by atoms with Crippen LogP contribution in [0.2, 0.25) is 0 Å². The van der Waals surface area contributed by atoms with E-state index in [2.05, 4.69) is 10.4 Å². The summed E-state index contributed by atoms with van der Waals surface area (Å²) in [6, 6.07) is 4.80. The average Bonchev–Trinajstić information content (AvgIpc) is 2.60.